The maximum Gasteiger partial charge on any atom is 0.248 e. The molecule has 0 saturated heterocycles. The van der Waals surface area contributed by atoms with Gasteiger partial charge in [-0.05, 0) is 18.2 Å². The molecule has 1 aromatic carbocycles. The summed E-state index contributed by atoms with van der Waals surface area (Å²) < 4.78 is 0. The van der Waals surface area contributed by atoms with Gasteiger partial charge in [-0.2, -0.15) is 0 Å². The van der Waals surface area contributed by atoms with Gasteiger partial charge in [0.05, 0.1) is 11.4 Å². The molecule has 14 heavy (non-hydrogen) atoms. The highest BCUT2D eigenvalue weighted by Crippen LogP contribution is 2.19. The van der Waals surface area contributed by atoms with Gasteiger partial charge >= 0.3 is 0 Å². The van der Waals surface area contributed by atoms with Crippen LogP contribution >= 0.6 is 0 Å². The Hall–Kier alpha value is -1.75. The van der Waals surface area contributed by atoms with Crippen molar-refractivity contribution in [3.8, 4) is 0 Å². The molecule has 0 spiro atoms. The first kappa shape index (κ1) is 10.3. The van der Waals surface area contributed by atoms with E-state index < -0.39 is 5.91 Å². The third-order valence-corrected chi connectivity index (χ3v) is 1.68. The Morgan fingerprint density at radius 2 is 2.07 bits per heavy atom. The van der Waals surface area contributed by atoms with E-state index in [-0.39, 0.29) is 0 Å². The van der Waals surface area contributed by atoms with Crippen molar-refractivity contribution in [2.45, 2.75) is 0 Å². The third kappa shape index (κ3) is 2.37. The fourth-order valence-electron chi connectivity index (χ4n) is 1.06. The van der Waals surface area contributed by atoms with Gasteiger partial charge in [0.2, 0.25) is 5.91 Å². The predicted octanol–water partition coefficient (Wildman–Crippen LogP) is 0.256. The van der Waals surface area contributed by atoms with Gasteiger partial charge in [-0.15, -0.1) is 0 Å². The van der Waals surface area contributed by atoms with Crippen LogP contribution in [0.25, 0.3) is 0 Å². The van der Waals surface area contributed by atoms with Crippen LogP contribution in [0.1, 0.15) is 10.4 Å². The Bertz CT molecular complexity index is 349. The van der Waals surface area contributed by atoms with Gasteiger partial charge in [-0.1, -0.05) is 0 Å². The highest BCUT2D eigenvalue weighted by Gasteiger charge is 2.04. The summed E-state index contributed by atoms with van der Waals surface area (Å²) in [6.45, 7) is 0. The molecule has 0 heterocycles. The van der Waals surface area contributed by atoms with Crippen molar-refractivity contribution in [3.05, 3.63) is 23.8 Å². The first-order valence-electron chi connectivity index (χ1n) is 4.14. The van der Waals surface area contributed by atoms with E-state index in [4.69, 9.17) is 11.5 Å². The zero-order chi connectivity index (χ0) is 10.7. The normalized spacial score (nSPS) is 10.2. The Kier molecular flexibility index (Phi) is 2.93. The Labute approximate surface area is 82.6 Å². The van der Waals surface area contributed by atoms with Gasteiger partial charge in [0.15, 0.2) is 0 Å². The summed E-state index contributed by atoms with van der Waals surface area (Å²) in [6.07, 6.45) is 0. The van der Waals surface area contributed by atoms with Crippen LogP contribution in [0.15, 0.2) is 18.2 Å². The zero-order valence-electron chi connectivity index (χ0n) is 8.24. The van der Waals surface area contributed by atoms with Crippen LogP contribution in [0.5, 0.6) is 0 Å². The van der Waals surface area contributed by atoms with Crippen molar-refractivity contribution in [3.63, 3.8) is 0 Å². The number of amides is 1. The van der Waals surface area contributed by atoms with Crippen LogP contribution < -0.4 is 16.9 Å². The van der Waals surface area contributed by atoms with Crippen molar-refractivity contribution in [2.75, 3.05) is 25.3 Å². The second-order valence-corrected chi connectivity index (χ2v) is 3.17. The number of primary amides is 1. The van der Waals surface area contributed by atoms with Crippen LogP contribution in [0.3, 0.4) is 0 Å². The van der Waals surface area contributed by atoms with Crippen LogP contribution in [0.2, 0.25) is 0 Å². The number of nitrogens with two attached hydrogens (primary N) is 2. The highest BCUT2D eigenvalue weighted by molar-refractivity contribution is 5.94. The SMILES string of the molecule is CN(C)Nc1ccc(C(N)=O)cc1N. The van der Waals surface area contributed by atoms with Gasteiger partial charge in [0, 0.05) is 19.7 Å². The molecule has 5 N–H and O–H groups in total. The second kappa shape index (κ2) is 3.97. The number of rotatable bonds is 3. The Morgan fingerprint density at radius 1 is 1.43 bits per heavy atom. The van der Waals surface area contributed by atoms with Gasteiger partial charge < -0.3 is 16.9 Å². The van der Waals surface area contributed by atoms with Gasteiger partial charge in [0.25, 0.3) is 0 Å². The largest absolute Gasteiger partial charge is 0.397 e. The summed E-state index contributed by atoms with van der Waals surface area (Å²) >= 11 is 0. The molecule has 1 aromatic rings. The molecule has 5 nitrogen and oxygen atoms in total. The molecular weight excluding hydrogens is 180 g/mol. The lowest BCUT2D eigenvalue weighted by atomic mass is 10.1. The average molecular weight is 194 g/mol. The summed E-state index contributed by atoms with van der Waals surface area (Å²) in [5.41, 5.74) is 15.5. The summed E-state index contributed by atoms with van der Waals surface area (Å²) in [5, 5.41) is 1.76. The summed E-state index contributed by atoms with van der Waals surface area (Å²) in [6, 6.07) is 4.90. The molecule has 76 valence electrons. The van der Waals surface area contributed by atoms with E-state index >= 15 is 0 Å². The molecule has 0 unspecified atom stereocenters. The number of carbonyl (C=O) groups excluding carboxylic acids is 1. The Balaban J connectivity index is 2.95. The molecular formula is C9H14N4O. The van der Waals surface area contributed by atoms with Crippen molar-refractivity contribution in [2.24, 2.45) is 5.73 Å². The molecule has 1 rings (SSSR count). The number of benzene rings is 1. The number of hydrogen-bond donors (Lipinski definition) is 3. The number of hydrogen-bond acceptors (Lipinski definition) is 4. The van der Waals surface area contributed by atoms with E-state index in [1.54, 1.807) is 23.2 Å². The Morgan fingerprint density at radius 3 is 2.50 bits per heavy atom. The lowest BCUT2D eigenvalue weighted by Crippen LogP contribution is -2.20. The molecule has 0 aliphatic heterocycles. The van der Waals surface area contributed by atoms with Gasteiger partial charge in [-0.3, -0.25) is 4.79 Å². The lowest BCUT2D eigenvalue weighted by molar-refractivity contribution is 0.100. The van der Waals surface area contributed by atoms with E-state index in [1.807, 2.05) is 14.1 Å². The monoisotopic (exact) mass is 194 g/mol. The number of nitrogens with one attached hydrogen (secondary N) is 1. The molecule has 0 saturated carbocycles. The first-order valence-corrected chi connectivity index (χ1v) is 4.14. The van der Waals surface area contributed by atoms with Crippen LogP contribution in [0.4, 0.5) is 11.4 Å². The number of anilines is 2. The number of hydrazine groups is 1. The molecule has 0 aromatic heterocycles. The minimum absolute atomic E-state index is 0.409. The average Bonchev–Trinajstić information content (AvgIpc) is 2.07. The van der Waals surface area contributed by atoms with Crippen molar-refractivity contribution in [1.29, 1.82) is 0 Å². The third-order valence-electron chi connectivity index (χ3n) is 1.68. The smallest absolute Gasteiger partial charge is 0.248 e. The van der Waals surface area contributed by atoms with Crippen LogP contribution in [0, 0.1) is 0 Å². The standard InChI is InChI=1S/C9H14N4O/c1-13(2)12-8-4-3-6(9(11)14)5-7(8)10/h3-5,12H,10H2,1-2H3,(H2,11,14). The van der Waals surface area contributed by atoms with Crippen molar-refractivity contribution >= 4 is 17.3 Å². The quantitative estimate of drug-likeness (QED) is 0.476. The summed E-state index contributed by atoms with van der Waals surface area (Å²) in [5.74, 6) is -0.479. The molecule has 1 amide bonds. The second-order valence-electron chi connectivity index (χ2n) is 3.17. The number of nitrogen functional groups attached to an aromatic ring is 1. The topological polar surface area (TPSA) is 84.4 Å². The molecule has 0 fully saturated rings. The van der Waals surface area contributed by atoms with Gasteiger partial charge in [0.1, 0.15) is 0 Å². The highest BCUT2D eigenvalue weighted by atomic mass is 16.1. The van der Waals surface area contributed by atoms with E-state index in [1.165, 1.54) is 0 Å². The molecule has 0 aliphatic carbocycles. The summed E-state index contributed by atoms with van der Waals surface area (Å²) in [7, 11) is 3.70. The summed E-state index contributed by atoms with van der Waals surface area (Å²) in [4.78, 5) is 10.8. The molecule has 0 aliphatic rings. The molecule has 0 bridgehead atoms. The molecule has 0 radical (unpaired) electrons. The fourth-order valence-corrected chi connectivity index (χ4v) is 1.06. The van der Waals surface area contributed by atoms with Crippen LogP contribution in [-0.4, -0.2) is 25.0 Å². The molecule has 5 heteroatoms. The number of nitrogens with zero attached hydrogens (tertiary/aromatic N) is 1. The zero-order valence-corrected chi connectivity index (χ0v) is 8.24. The van der Waals surface area contributed by atoms with E-state index in [0.29, 0.717) is 11.3 Å². The minimum atomic E-state index is -0.479. The fraction of sp³-hybridized carbons (Fsp3) is 0.222. The first-order chi connectivity index (χ1) is 6.50. The lowest BCUT2D eigenvalue weighted by Gasteiger charge is -2.15. The van der Waals surface area contributed by atoms with E-state index in [9.17, 15) is 4.79 Å². The van der Waals surface area contributed by atoms with Crippen molar-refractivity contribution in [1.82, 2.24) is 5.01 Å². The predicted molar refractivity (Wildman–Crippen MR) is 56.7 cm³/mol. The van der Waals surface area contributed by atoms with E-state index in [2.05, 4.69) is 5.43 Å². The van der Waals surface area contributed by atoms with Crippen molar-refractivity contribution < 1.29 is 4.79 Å². The maximum atomic E-state index is 10.8. The van der Waals surface area contributed by atoms with Crippen LogP contribution in [-0.2, 0) is 0 Å². The number of carbonyl (C=O) groups is 1. The van der Waals surface area contributed by atoms with Gasteiger partial charge in [-0.25, -0.2) is 5.01 Å². The minimum Gasteiger partial charge on any atom is -0.397 e. The maximum absolute atomic E-state index is 10.8. The van der Waals surface area contributed by atoms with E-state index in [0.717, 1.165) is 5.69 Å². The molecule has 0 atom stereocenters.